The summed E-state index contributed by atoms with van der Waals surface area (Å²) in [6.45, 7) is 2.97. The molecule has 1 aliphatic heterocycles. The molecule has 1 amide bonds. The summed E-state index contributed by atoms with van der Waals surface area (Å²) in [6.07, 6.45) is 6.24. The van der Waals surface area contributed by atoms with E-state index >= 15 is 0 Å². The third-order valence-corrected chi connectivity index (χ3v) is 8.17. The molecule has 1 saturated carbocycles. The number of piperidine rings is 1. The quantitative estimate of drug-likeness (QED) is 0.415. The molecule has 6 nitrogen and oxygen atoms in total. The van der Waals surface area contributed by atoms with Crippen molar-refractivity contribution in [2.75, 3.05) is 13.1 Å². The zero-order valence-corrected chi connectivity index (χ0v) is 19.9. The smallest absolute Gasteiger partial charge is 0.340 e. The monoisotopic (exact) mass is 471 g/mol. The van der Waals surface area contributed by atoms with E-state index in [9.17, 15) is 14.7 Å². The van der Waals surface area contributed by atoms with Gasteiger partial charge in [0.15, 0.2) is 0 Å². The molecule has 0 spiro atoms. The Morgan fingerprint density at radius 3 is 2.77 bits per heavy atom. The van der Waals surface area contributed by atoms with Crippen molar-refractivity contribution in [3.63, 3.8) is 0 Å². The number of hydrogen-bond acceptors (Lipinski definition) is 5. The van der Waals surface area contributed by atoms with E-state index in [1.165, 1.54) is 0 Å². The van der Waals surface area contributed by atoms with Gasteiger partial charge in [-0.3, -0.25) is 4.79 Å². The molecule has 180 valence electrons. The van der Waals surface area contributed by atoms with Gasteiger partial charge in [0, 0.05) is 41.4 Å². The molecule has 6 heteroatoms. The van der Waals surface area contributed by atoms with E-state index < -0.39 is 11.2 Å². The molecule has 3 heterocycles. The predicted molar refractivity (Wildman–Crippen MR) is 134 cm³/mol. The second-order valence-corrected chi connectivity index (χ2v) is 10.2. The average Bonchev–Trinajstić information content (AvgIpc) is 3.28. The summed E-state index contributed by atoms with van der Waals surface area (Å²) in [6, 6.07) is 13.7. The summed E-state index contributed by atoms with van der Waals surface area (Å²) in [5.74, 6) is 0.0376. The molecule has 0 radical (unpaired) electrons. The van der Waals surface area contributed by atoms with Crippen molar-refractivity contribution in [2.45, 2.75) is 51.0 Å². The lowest BCUT2D eigenvalue weighted by molar-refractivity contribution is -0.142. The first-order valence-electron chi connectivity index (χ1n) is 12.5. The Morgan fingerprint density at radius 1 is 1.11 bits per heavy atom. The molecule has 2 atom stereocenters. The minimum absolute atomic E-state index is 0.00419. The Labute approximate surface area is 203 Å². The molecule has 1 N–H and O–H groups in total. The van der Waals surface area contributed by atoms with Crippen LogP contribution in [-0.2, 0) is 11.2 Å². The van der Waals surface area contributed by atoms with Crippen LogP contribution in [0.1, 0.15) is 43.2 Å². The number of carbonyl (C=O) groups excluding carboxylic acids is 1. The number of likely N-dealkylation sites (tertiary alicyclic amines) is 1. The summed E-state index contributed by atoms with van der Waals surface area (Å²) in [4.78, 5) is 28.0. The van der Waals surface area contributed by atoms with Crippen molar-refractivity contribution in [3.05, 3.63) is 70.3 Å². The normalized spacial score (nSPS) is 22.5. The van der Waals surface area contributed by atoms with E-state index in [0.717, 1.165) is 53.1 Å². The highest BCUT2D eigenvalue weighted by Crippen LogP contribution is 2.40. The number of rotatable bonds is 3. The van der Waals surface area contributed by atoms with Crippen molar-refractivity contribution in [1.29, 1.82) is 0 Å². The highest BCUT2D eigenvalue weighted by molar-refractivity contribution is 6.02. The van der Waals surface area contributed by atoms with E-state index in [2.05, 4.69) is 0 Å². The fraction of sp³-hybridized carbons (Fsp3) is 0.379. The molecule has 2 fully saturated rings. The van der Waals surface area contributed by atoms with Gasteiger partial charge in [0.2, 0.25) is 5.91 Å². The van der Waals surface area contributed by atoms with Gasteiger partial charge in [-0.05, 0) is 43.4 Å². The highest BCUT2D eigenvalue weighted by atomic mass is 16.4. The number of aryl methyl sites for hydroxylation is 1. The van der Waals surface area contributed by atoms with Crippen LogP contribution in [0.2, 0.25) is 0 Å². The van der Waals surface area contributed by atoms with Crippen LogP contribution in [0.5, 0.6) is 0 Å². The van der Waals surface area contributed by atoms with Crippen molar-refractivity contribution < 1.29 is 18.7 Å². The van der Waals surface area contributed by atoms with Crippen LogP contribution in [0.4, 0.5) is 0 Å². The Kier molecular flexibility index (Phi) is 5.29. The van der Waals surface area contributed by atoms with Crippen LogP contribution < -0.4 is 5.63 Å². The third kappa shape index (κ3) is 3.76. The number of furan rings is 1. The fourth-order valence-electron chi connectivity index (χ4n) is 6.02. The van der Waals surface area contributed by atoms with Crippen LogP contribution in [0.25, 0.3) is 33.1 Å². The van der Waals surface area contributed by atoms with Crippen LogP contribution in [0.3, 0.4) is 0 Å². The molecule has 0 bridgehead atoms. The molecule has 2 aromatic heterocycles. The van der Waals surface area contributed by atoms with Crippen molar-refractivity contribution in [1.82, 2.24) is 4.90 Å². The first-order chi connectivity index (χ1) is 16.9. The average molecular weight is 472 g/mol. The molecular weight excluding hydrogens is 442 g/mol. The van der Waals surface area contributed by atoms with E-state index in [1.807, 2.05) is 48.2 Å². The first-order valence-corrected chi connectivity index (χ1v) is 12.5. The molecule has 6 rings (SSSR count). The first kappa shape index (κ1) is 22.1. The lowest BCUT2D eigenvalue weighted by atomic mass is 9.71. The molecule has 2 aromatic carbocycles. The van der Waals surface area contributed by atoms with Gasteiger partial charge in [-0.15, -0.1) is 0 Å². The topological polar surface area (TPSA) is 83.9 Å². The van der Waals surface area contributed by atoms with Crippen molar-refractivity contribution in [3.8, 4) is 11.1 Å². The van der Waals surface area contributed by atoms with Crippen molar-refractivity contribution >= 4 is 27.8 Å². The van der Waals surface area contributed by atoms with E-state index in [1.54, 1.807) is 12.3 Å². The number of hydrogen-bond donors (Lipinski definition) is 1. The molecule has 1 saturated heterocycles. The molecule has 35 heavy (non-hydrogen) atoms. The molecule has 1 aliphatic carbocycles. The zero-order valence-electron chi connectivity index (χ0n) is 19.9. The van der Waals surface area contributed by atoms with Crippen LogP contribution in [-0.4, -0.2) is 34.6 Å². The van der Waals surface area contributed by atoms with Crippen LogP contribution in [0, 0.1) is 12.8 Å². The Morgan fingerprint density at radius 2 is 1.94 bits per heavy atom. The third-order valence-electron chi connectivity index (χ3n) is 8.17. The molecule has 4 aromatic rings. The van der Waals surface area contributed by atoms with Gasteiger partial charge in [-0.25, -0.2) is 4.79 Å². The molecule has 2 unspecified atom stereocenters. The van der Waals surface area contributed by atoms with Crippen LogP contribution >= 0.6 is 0 Å². The Balaban J connectivity index is 1.33. The standard InChI is InChI=1S/C29H29NO5/c1-18-21-13-23-24(19-7-3-2-4-8-19)17-34-25(23)15-26(21)35-28(32)22(18)14-27(31)30-12-11-29(33)10-6-5-9-20(29)16-30/h2-4,7-8,13,15,17,20,33H,5-6,9-12,14,16H2,1H3. The number of benzene rings is 2. The van der Waals surface area contributed by atoms with Gasteiger partial charge in [-0.2, -0.15) is 0 Å². The van der Waals surface area contributed by atoms with E-state index in [0.29, 0.717) is 36.2 Å². The van der Waals surface area contributed by atoms with Gasteiger partial charge in [0.25, 0.3) is 0 Å². The van der Waals surface area contributed by atoms with Gasteiger partial charge >= 0.3 is 5.63 Å². The summed E-state index contributed by atoms with van der Waals surface area (Å²) >= 11 is 0. The number of nitrogens with zero attached hydrogens (tertiary/aromatic N) is 1. The fourth-order valence-corrected chi connectivity index (χ4v) is 6.02. The minimum Gasteiger partial charge on any atom is -0.464 e. The Hall–Kier alpha value is -3.38. The van der Waals surface area contributed by atoms with Gasteiger partial charge in [-0.1, -0.05) is 43.2 Å². The van der Waals surface area contributed by atoms with E-state index in [4.69, 9.17) is 8.83 Å². The molecule has 2 aliphatic rings. The van der Waals surface area contributed by atoms with Crippen LogP contribution in [0.15, 0.2) is 62.4 Å². The summed E-state index contributed by atoms with van der Waals surface area (Å²) in [7, 11) is 0. The molecular formula is C29H29NO5. The van der Waals surface area contributed by atoms with Crippen molar-refractivity contribution in [2.24, 2.45) is 5.92 Å². The zero-order chi connectivity index (χ0) is 24.2. The maximum atomic E-state index is 13.2. The minimum atomic E-state index is -0.640. The lowest BCUT2D eigenvalue weighted by Crippen LogP contribution is -2.55. The van der Waals surface area contributed by atoms with E-state index in [-0.39, 0.29) is 18.2 Å². The largest absolute Gasteiger partial charge is 0.464 e. The maximum Gasteiger partial charge on any atom is 0.340 e. The van der Waals surface area contributed by atoms with Gasteiger partial charge in [0.05, 0.1) is 23.8 Å². The number of fused-ring (bicyclic) bond motifs is 3. The number of aliphatic hydroxyl groups is 1. The predicted octanol–water partition coefficient (Wildman–Crippen LogP) is 5.21. The lowest BCUT2D eigenvalue weighted by Gasteiger charge is -2.47. The SMILES string of the molecule is Cc1c(CC(=O)N2CCC3(O)CCCCC3C2)c(=O)oc2cc3occ(-c4ccccc4)c3cc12. The second-order valence-electron chi connectivity index (χ2n) is 10.2. The summed E-state index contributed by atoms with van der Waals surface area (Å²) in [5.41, 5.74) is 3.16. The number of amides is 1. The van der Waals surface area contributed by atoms with Gasteiger partial charge in [0.1, 0.15) is 11.2 Å². The number of carbonyl (C=O) groups is 1. The highest BCUT2D eigenvalue weighted by Gasteiger charge is 2.43. The van der Waals surface area contributed by atoms with Gasteiger partial charge < -0.3 is 18.8 Å². The Bertz CT molecular complexity index is 1480. The summed E-state index contributed by atoms with van der Waals surface area (Å²) in [5, 5.41) is 12.7. The second kappa shape index (κ2) is 8.38. The maximum absolute atomic E-state index is 13.2. The summed E-state index contributed by atoms with van der Waals surface area (Å²) < 4.78 is 11.4.